The number of fused-ring (bicyclic) bond motifs is 5. The Morgan fingerprint density at radius 1 is 0.383 bits per heavy atom. The van der Waals surface area contributed by atoms with Gasteiger partial charge in [0.1, 0.15) is 11.2 Å². The molecule has 0 saturated heterocycles. The number of aryl methyl sites for hydroxylation is 1. The molecule has 0 bridgehead atoms. The van der Waals surface area contributed by atoms with Gasteiger partial charge in [-0.1, -0.05) is 169 Å². The maximum Gasteiger partial charge on any atom is 0.143 e. The van der Waals surface area contributed by atoms with Crippen molar-refractivity contribution < 1.29 is 44.2 Å². The predicted octanol–water partition coefficient (Wildman–Crippen LogP) is 16.4. The molecule has 290 valence electrons. The summed E-state index contributed by atoms with van der Waals surface area (Å²) in [7, 11) is 0. The lowest BCUT2D eigenvalue weighted by atomic mass is 9.76. The first-order valence-electron chi connectivity index (χ1n) is 33.3. The van der Waals surface area contributed by atoms with Crippen molar-refractivity contribution in [3.8, 4) is 44.5 Å². The Hall–Kier alpha value is -6.96. The number of rotatable bonds is 7. The molecule has 10 aromatic rings. The van der Waals surface area contributed by atoms with Crippen LogP contribution >= 0.6 is 0 Å². The summed E-state index contributed by atoms with van der Waals surface area (Å²) in [5.41, 5.74) is -5.47. The van der Waals surface area contributed by atoms with Crippen LogP contribution in [0.15, 0.2) is 180 Å². The Morgan fingerprint density at radius 3 is 1.72 bits per heavy atom. The molecule has 10 rings (SSSR count). The summed E-state index contributed by atoms with van der Waals surface area (Å²) in [6.45, 7) is 8.45. The van der Waals surface area contributed by atoms with Gasteiger partial charge in [-0.15, -0.1) is 0 Å². The van der Waals surface area contributed by atoms with E-state index in [4.69, 9.17) is 26.3 Å². The molecule has 1 aromatic heterocycles. The number of hydrogen-bond acceptors (Lipinski definition) is 1. The zero-order valence-electron chi connectivity index (χ0n) is 62.0. The summed E-state index contributed by atoms with van der Waals surface area (Å²) in [6.07, 6.45) is 0. The maximum absolute atomic E-state index is 10.1. The number of para-hydroxylation sites is 1. The van der Waals surface area contributed by atoms with Gasteiger partial charge in [-0.3, -0.25) is 0 Å². The fourth-order valence-corrected chi connectivity index (χ4v) is 7.78. The third kappa shape index (κ3) is 6.25. The summed E-state index contributed by atoms with van der Waals surface area (Å²) < 4.78 is 270. The van der Waals surface area contributed by atoms with Gasteiger partial charge < -0.3 is 4.42 Å². The van der Waals surface area contributed by atoms with Gasteiger partial charge >= 0.3 is 0 Å². The molecule has 1 heteroatoms. The third-order valence-corrected chi connectivity index (χ3v) is 10.8. The van der Waals surface area contributed by atoms with Crippen molar-refractivity contribution in [1.29, 1.82) is 0 Å². The second-order valence-corrected chi connectivity index (χ2v) is 14.3. The molecule has 0 aliphatic carbocycles. The van der Waals surface area contributed by atoms with Crippen LogP contribution in [-0.4, -0.2) is 0 Å². The Kier molecular flexibility index (Phi) is 4.34. The summed E-state index contributed by atoms with van der Waals surface area (Å²) in [5.74, 6) is -1.82. The molecular formula is C59H48O. The highest BCUT2D eigenvalue weighted by molar-refractivity contribution is 6.21. The van der Waals surface area contributed by atoms with E-state index in [1.807, 2.05) is 0 Å². The van der Waals surface area contributed by atoms with Gasteiger partial charge in [-0.2, -0.15) is 0 Å². The van der Waals surface area contributed by atoms with Gasteiger partial charge in [0.2, 0.25) is 0 Å². The van der Waals surface area contributed by atoms with Crippen LogP contribution in [-0.2, 0) is 0 Å². The minimum absolute atomic E-state index is 0.0112. The first-order chi connectivity index (χ1) is 41.4. The van der Waals surface area contributed by atoms with Crippen molar-refractivity contribution in [1.82, 2.24) is 0 Å². The molecule has 1 unspecified atom stereocenters. The molecule has 1 heterocycles. The van der Waals surface area contributed by atoms with Gasteiger partial charge in [-0.25, -0.2) is 0 Å². The maximum atomic E-state index is 10.1. The third-order valence-electron chi connectivity index (χ3n) is 10.8. The second kappa shape index (κ2) is 15.0. The van der Waals surface area contributed by atoms with E-state index in [9.17, 15) is 17.8 Å². The summed E-state index contributed by atoms with van der Waals surface area (Å²) in [5, 5.41) is -1.24. The summed E-state index contributed by atoms with van der Waals surface area (Å²) in [6, 6.07) is -21.5. The van der Waals surface area contributed by atoms with Crippen LogP contribution < -0.4 is 0 Å². The Bertz CT molecular complexity index is 4650. The lowest BCUT2D eigenvalue weighted by Crippen LogP contribution is -2.10. The second-order valence-electron chi connectivity index (χ2n) is 14.3. The highest BCUT2D eigenvalue weighted by Crippen LogP contribution is 2.46. The van der Waals surface area contributed by atoms with E-state index in [-0.39, 0.29) is 88.3 Å². The van der Waals surface area contributed by atoms with Crippen LogP contribution in [0.4, 0.5) is 0 Å². The van der Waals surface area contributed by atoms with Gasteiger partial charge in [0.15, 0.2) is 0 Å². The predicted molar refractivity (Wildman–Crippen MR) is 255 cm³/mol. The van der Waals surface area contributed by atoms with E-state index < -0.39 is 220 Å². The number of furan rings is 1. The lowest BCUT2D eigenvalue weighted by molar-refractivity contribution is 0.673. The molecule has 0 aliphatic heterocycles. The van der Waals surface area contributed by atoms with E-state index in [1.54, 1.807) is 0 Å². The van der Waals surface area contributed by atoms with E-state index in [0.717, 1.165) is 0 Å². The fourth-order valence-electron chi connectivity index (χ4n) is 7.78. The molecule has 0 fully saturated rings. The van der Waals surface area contributed by atoms with Crippen LogP contribution in [0.25, 0.3) is 77.2 Å². The van der Waals surface area contributed by atoms with Crippen LogP contribution in [0, 0.1) is 41.5 Å². The van der Waals surface area contributed by atoms with Crippen LogP contribution in [0.1, 0.15) is 95.7 Å². The van der Waals surface area contributed by atoms with Crippen molar-refractivity contribution in [3.05, 3.63) is 225 Å². The minimum Gasteiger partial charge on any atom is -0.455 e. The smallest absolute Gasteiger partial charge is 0.143 e. The topological polar surface area (TPSA) is 13.1 Å². The van der Waals surface area contributed by atoms with Crippen molar-refractivity contribution >= 4 is 32.7 Å². The zero-order chi connectivity index (χ0) is 66.3. The van der Waals surface area contributed by atoms with Crippen LogP contribution in [0.2, 0.25) is 0 Å². The molecule has 0 spiro atoms. The lowest BCUT2D eigenvalue weighted by Gasteiger charge is -2.27. The minimum atomic E-state index is -1.82. The molecule has 0 aliphatic rings. The highest BCUT2D eigenvalue weighted by Gasteiger charge is 2.26. The van der Waals surface area contributed by atoms with E-state index in [2.05, 4.69) is 0 Å². The molecule has 1 nitrogen and oxygen atoms in total. The first kappa shape index (κ1) is 17.3. The van der Waals surface area contributed by atoms with Gasteiger partial charge in [-0.05, 0) is 142 Å². The van der Waals surface area contributed by atoms with Gasteiger partial charge in [0, 0.05) is 27.6 Å². The Balaban J connectivity index is 1.37. The number of benzene rings is 9. The van der Waals surface area contributed by atoms with Gasteiger partial charge in [0.25, 0.3) is 0 Å². The molecular weight excluding hydrogens is 725 g/mol. The zero-order valence-corrected chi connectivity index (χ0v) is 33.0. The van der Waals surface area contributed by atoms with Crippen LogP contribution in [0.3, 0.4) is 0 Å². The Labute approximate surface area is 394 Å². The monoisotopic (exact) mass is 802 g/mol. The normalized spacial score (nSPS) is 18.9. The molecule has 0 saturated carbocycles. The summed E-state index contributed by atoms with van der Waals surface area (Å²) in [4.78, 5) is 0. The molecule has 0 radical (unpaired) electrons. The largest absolute Gasteiger partial charge is 0.455 e. The average molecular weight is 802 g/mol. The number of hydrogen-bond donors (Lipinski definition) is 0. The van der Waals surface area contributed by atoms with Crippen molar-refractivity contribution in [2.75, 3.05) is 0 Å². The summed E-state index contributed by atoms with van der Waals surface area (Å²) >= 11 is 0. The van der Waals surface area contributed by atoms with Gasteiger partial charge in [0.05, 0.1) is 39.8 Å². The van der Waals surface area contributed by atoms with Crippen molar-refractivity contribution in [2.24, 2.45) is 0 Å². The van der Waals surface area contributed by atoms with Crippen molar-refractivity contribution in [2.45, 2.75) is 47.5 Å². The SMILES string of the molecule is [2H]c1c([2H])c([2H])c(-c2c([2H])c([2H])c(C(c3c([2H])c([2H])c(-c4c([2H])c([2H])c([2H])c5c4oc4c6c(C)c([2H])c([2H])c([2H])c6c(-c6c([2H])c([2H])c([2H])c([2H])c6[2H])c([2H])c45)c(C)c3C)c3c(C)c([2H])c(-c4c([2H])c([2H])c([2H])c([2H])c4C)c([2H])c3C)c([2H])c2[2H])c([2H])c1[2H]. The van der Waals surface area contributed by atoms with Crippen LogP contribution in [0.5, 0.6) is 0 Å². The first-order valence-corrected chi connectivity index (χ1v) is 18.8. The fraction of sp³-hybridized carbons (Fsp3) is 0.119. The molecule has 1 atom stereocenters. The molecule has 0 amide bonds. The van der Waals surface area contributed by atoms with E-state index in [0.29, 0.717) is 0 Å². The molecule has 0 N–H and O–H groups in total. The quantitative estimate of drug-likeness (QED) is 0.146. The van der Waals surface area contributed by atoms with E-state index >= 15 is 0 Å². The highest BCUT2D eigenvalue weighted by atomic mass is 16.3. The van der Waals surface area contributed by atoms with Crippen molar-refractivity contribution in [3.63, 3.8) is 0 Å². The van der Waals surface area contributed by atoms with E-state index in [1.165, 1.54) is 41.5 Å². The average Bonchev–Trinajstić information content (AvgIpc) is 1.66. The molecule has 9 aromatic carbocycles. The standard InChI is InChI=1S/C59H48O/c1-36-17-13-14-23-47(36)46-33-38(3)55(39(4)34-46)57(45-29-27-43(28-30-45)42-19-9-7-10-20-42)49-32-31-48(40(5)41(49)6)51-25-16-26-52-54-35-53(44-21-11-8-12-22-44)50-24-15-18-37(2)56(50)59(54)60-58(51)52/h7-35,57H,1-6H3/i7D,8D,9D,10D,11D,12D,13D,14D,15D,16D,17D,18D,19D,20D,21D,22D,23D,24D,25D,26D,27D,28D,29D,30D,31D,32D,33D,34D,35D. The molecule has 60 heavy (non-hydrogen) atoms. The Morgan fingerprint density at radius 2 is 0.983 bits per heavy atom.